The van der Waals surface area contributed by atoms with Crippen molar-refractivity contribution in [3.8, 4) is 5.88 Å². The van der Waals surface area contributed by atoms with Gasteiger partial charge in [0, 0.05) is 37.7 Å². The summed E-state index contributed by atoms with van der Waals surface area (Å²) >= 11 is 6.10. The summed E-state index contributed by atoms with van der Waals surface area (Å²) in [5.41, 5.74) is 2.28. The highest BCUT2D eigenvalue weighted by molar-refractivity contribution is 6.29. The number of hydrogen-bond acceptors (Lipinski definition) is 5. The number of amides is 1. The van der Waals surface area contributed by atoms with Crippen LogP contribution in [0.4, 0.5) is 0 Å². The molecular formula is C16H22ClN3O3. The van der Waals surface area contributed by atoms with Crippen LogP contribution < -0.4 is 15.4 Å². The highest BCUT2D eigenvalue weighted by Crippen LogP contribution is 2.38. The summed E-state index contributed by atoms with van der Waals surface area (Å²) in [4.78, 5) is 15.6. The second-order valence-corrected chi connectivity index (χ2v) is 6.35. The molecule has 2 aliphatic rings. The van der Waals surface area contributed by atoms with E-state index in [0.29, 0.717) is 30.7 Å². The summed E-state index contributed by atoms with van der Waals surface area (Å²) in [6, 6.07) is 2.31. The first-order valence-electron chi connectivity index (χ1n) is 8.01. The van der Waals surface area contributed by atoms with Crippen molar-refractivity contribution in [2.75, 3.05) is 26.9 Å². The Morgan fingerprint density at radius 2 is 2.26 bits per heavy atom. The third-order valence-corrected chi connectivity index (χ3v) is 4.54. The van der Waals surface area contributed by atoms with Gasteiger partial charge in [-0.25, -0.2) is 4.98 Å². The molecule has 0 spiro atoms. The predicted molar refractivity (Wildman–Crippen MR) is 86.8 cm³/mol. The Bertz CT molecular complexity index is 582. The van der Waals surface area contributed by atoms with Gasteiger partial charge in [-0.3, -0.25) is 4.79 Å². The molecule has 2 atom stereocenters. The SMILES string of the molecule is COCCOc1nc(Cl)cc2c1[C@@H](NC[C@@H]1CCC(=O)N1)CC2. The largest absolute Gasteiger partial charge is 0.475 e. The Hall–Kier alpha value is -1.37. The summed E-state index contributed by atoms with van der Waals surface area (Å²) in [6.07, 6.45) is 3.45. The average Bonchev–Trinajstić information content (AvgIpc) is 3.11. The van der Waals surface area contributed by atoms with E-state index in [0.717, 1.165) is 31.4 Å². The molecule has 1 aromatic rings. The van der Waals surface area contributed by atoms with Crippen molar-refractivity contribution in [2.45, 2.75) is 37.8 Å². The Morgan fingerprint density at radius 1 is 1.39 bits per heavy atom. The third kappa shape index (κ3) is 3.94. The number of ether oxygens (including phenoxy) is 2. The van der Waals surface area contributed by atoms with E-state index >= 15 is 0 Å². The van der Waals surface area contributed by atoms with Gasteiger partial charge in [-0.1, -0.05) is 11.6 Å². The molecule has 2 heterocycles. The molecule has 1 amide bonds. The molecule has 1 fully saturated rings. The second kappa shape index (κ2) is 7.47. The van der Waals surface area contributed by atoms with Crippen LogP contribution in [-0.4, -0.2) is 43.8 Å². The average molecular weight is 340 g/mol. The third-order valence-electron chi connectivity index (χ3n) is 4.35. The van der Waals surface area contributed by atoms with Crippen molar-refractivity contribution in [2.24, 2.45) is 0 Å². The maximum Gasteiger partial charge on any atom is 0.220 e. The van der Waals surface area contributed by atoms with Gasteiger partial charge >= 0.3 is 0 Å². The fourth-order valence-corrected chi connectivity index (χ4v) is 3.43. The van der Waals surface area contributed by atoms with Gasteiger partial charge in [-0.15, -0.1) is 0 Å². The Labute approximate surface area is 140 Å². The van der Waals surface area contributed by atoms with Gasteiger partial charge < -0.3 is 20.1 Å². The summed E-state index contributed by atoms with van der Waals surface area (Å²) in [5.74, 6) is 0.732. The van der Waals surface area contributed by atoms with Gasteiger partial charge in [0.2, 0.25) is 11.8 Å². The lowest BCUT2D eigenvalue weighted by Gasteiger charge is -2.19. The minimum atomic E-state index is 0.139. The molecule has 7 heteroatoms. The van der Waals surface area contributed by atoms with Crippen LogP contribution in [0, 0.1) is 0 Å². The Morgan fingerprint density at radius 3 is 3.00 bits per heavy atom. The molecule has 126 valence electrons. The number of methoxy groups -OCH3 is 1. The van der Waals surface area contributed by atoms with Crippen LogP contribution in [0.15, 0.2) is 6.07 Å². The number of aromatic nitrogens is 1. The second-order valence-electron chi connectivity index (χ2n) is 5.97. The number of rotatable bonds is 7. The van der Waals surface area contributed by atoms with Gasteiger partial charge in [0.15, 0.2) is 0 Å². The lowest BCUT2D eigenvalue weighted by atomic mass is 10.1. The van der Waals surface area contributed by atoms with E-state index in [2.05, 4.69) is 15.6 Å². The monoisotopic (exact) mass is 339 g/mol. The van der Waals surface area contributed by atoms with Crippen molar-refractivity contribution in [1.82, 2.24) is 15.6 Å². The van der Waals surface area contributed by atoms with E-state index in [1.54, 1.807) is 7.11 Å². The minimum absolute atomic E-state index is 0.139. The molecule has 0 bridgehead atoms. The maximum absolute atomic E-state index is 11.3. The Balaban J connectivity index is 1.68. The number of aryl methyl sites for hydroxylation is 1. The van der Waals surface area contributed by atoms with E-state index in [1.807, 2.05) is 6.07 Å². The zero-order valence-electron chi connectivity index (χ0n) is 13.2. The number of carbonyl (C=O) groups excluding carboxylic acids is 1. The maximum atomic E-state index is 11.3. The topological polar surface area (TPSA) is 72.5 Å². The summed E-state index contributed by atoms with van der Waals surface area (Å²) < 4.78 is 10.8. The van der Waals surface area contributed by atoms with Crippen LogP contribution in [0.1, 0.15) is 36.4 Å². The van der Waals surface area contributed by atoms with E-state index in [4.69, 9.17) is 21.1 Å². The summed E-state index contributed by atoms with van der Waals surface area (Å²) in [7, 11) is 1.64. The molecule has 6 nitrogen and oxygen atoms in total. The number of nitrogens with one attached hydrogen (secondary N) is 2. The smallest absolute Gasteiger partial charge is 0.220 e. The minimum Gasteiger partial charge on any atom is -0.475 e. The van der Waals surface area contributed by atoms with Crippen LogP contribution >= 0.6 is 11.6 Å². The quantitative estimate of drug-likeness (QED) is 0.583. The van der Waals surface area contributed by atoms with Gasteiger partial charge in [0.05, 0.1) is 6.61 Å². The van der Waals surface area contributed by atoms with Crippen molar-refractivity contribution < 1.29 is 14.3 Å². The molecule has 0 aromatic carbocycles. The van der Waals surface area contributed by atoms with E-state index < -0.39 is 0 Å². The van der Waals surface area contributed by atoms with Crippen LogP contribution in [0.2, 0.25) is 5.15 Å². The van der Waals surface area contributed by atoms with Crippen LogP contribution in [-0.2, 0) is 16.0 Å². The molecule has 3 rings (SSSR count). The normalized spacial score (nSPS) is 23.0. The number of fused-ring (bicyclic) bond motifs is 1. The van der Waals surface area contributed by atoms with E-state index in [1.165, 1.54) is 5.56 Å². The van der Waals surface area contributed by atoms with Gasteiger partial charge in [0.25, 0.3) is 0 Å². The van der Waals surface area contributed by atoms with Crippen molar-refractivity contribution in [3.63, 3.8) is 0 Å². The van der Waals surface area contributed by atoms with Crippen LogP contribution in [0.5, 0.6) is 5.88 Å². The van der Waals surface area contributed by atoms with Crippen molar-refractivity contribution >= 4 is 17.5 Å². The van der Waals surface area contributed by atoms with E-state index in [9.17, 15) is 4.79 Å². The molecule has 2 N–H and O–H groups in total. The zero-order chi connectivity index (χ0) is 16.2. The fraction of sp³-hybridized carbons (Fsp3) is 0.625. The molecule has 1 saturated heterocycles. The van der Waals surface area contributed by atoms with E-state index in [-0.39, 0.29) is 18.0 Å². The molecule has 0 saturated carbocycles. The first-order chi connectivity index (χ1) is 11.2. The number of carbonyl (C=O) groups is 1. The molecule has 1 aliphatic carbocycles. The molecule has 23 heavy (non-hydrogen) atoms. The van der Waals surface area contributed by atoms with Crippen LogP contribution in [0.3, 0.4) is 0 Å². The zero-order valence-corrected chi connectivity index (χ0v) is 14.0. The number of pyridine rings is 1. The highest BCUT2D eigenvalue weighted by Gasteiger charge is 2.29. The molecule has 0 radical (unpaired) electrons. The highest BCUT2D eigenvalue weighted by atomic mass is 35.5. The fourth-order valence-electron chi connectivity index (χ4n) is 3.22. The number of halogens is 1. The van der Waals surface area contributed by atoms with Crippen LogP contribution in [0.25, 0.3) is 0 Å². The lowest BCUT2D eigenvalue weighted by Crippen LogP contribution is -2.37. The predicted octanol–water partition coefficient (Wildman–Crippen LogP) is 1.62. The van der Waals surface area contributed by atoms with Gasteiger partial charge in [-0.2, -0.15) is 0 Å². The molecule has 1 aliphatic heterocycles. The van der Waals surface area contributed by atoms with Gasteiger partial charge in [0.1, 0.15) is 11.8 Å². The van der Waals surface area contributed by atoms with Crippen molar-refractivity contribution in [1.29, 1.82) is 0 Å². The lowest BCUT2D eigenvalue weighted by molar-refractivity contribution is -0.119. The first-order valence-corrected chi connectivity index (χ1v) is 8.39. The Kier molecular flexibility index (Phi) is 5.35. The summed E-state index contributed by atoms with van der Waals surface area (Å²) in [6.45, 7) is 1.72. The standard InChI is InChI=1S/C16H22ClN3O3/c1-22-6-7-23-16-15-10(8-13(17)20-16)2-4-12(15)18-9-11-3-5-14(21)19-11/h8,11-12,18H,2-7,9H2,1H3,(H,19,21)/t11-,12-/m0/s1. The number of nitrogens with zero attached hydrogens (tertiary/aromatic N) is 1. The molecular weight excluding hydrogens is 318 g/mol. The first kappa shape index (κ1) is 16.5. The summed E-state index contributed by atoms with van der Waals surface area (Å²) in [5, 5.41) is 6.98. The van der Waals surface area contributed by atoms with Gasteiger partial charge in [-0.05, 0) is 30.9 Å². The molecule has 0 unspecified atom stereocenters. The number of hydrogen-bond donors (Lipinski definition) is 2. The molecule has 1 aromatic heterocycles. The van der Waals surface area contributed by atoms with Crippen molar-refractivity contribution in [3.05, 3.63) is 22.3 Å².